The lowest BCUT2D eigenvalue weighted by Gasteiger charge is -2.28. The molecule has 38 heavy (non-hydrogen) atoms. The number of aromatic nitrogens is 1. The number of hydrogen-bond donors (Lipinski definition) is 4. The molecule has 9 nitrogen and oxygen atoms in total. The number of fused-ring (bicyclic) bond motifs is 1. The van der Waals surface area contributed by atoms with Gasteiger partial charge in [0.15, 0.2) is 0 Å². The number of nitrogens with zero attached hydrogens (tertiary/aromatic N) is 1. The van der Waals surface area contributed by atoms with Crippen molar-refractivity contribution in [3.63, 3.8) is 0 Å². The average Bonchev–Trinajstić information content (AvgIpc) is 2.88. The molecule has 0 saturated heterocycles. The number of nitrogens with one attached hydrogen (secondary N) is 3. The van der Waals surface area contributed by atoms with Crippen molar-refractivity contribution < 1.29 is 27.9 Å². The highest BCUT2D eigenvalue weighted by Gasteiger charge is 2.33. The van der Waals surface area contributed by atoms with Gasteiger partial charge in [-0.15, -0.1) is 0 Å². The summed E-state index contributed by atoms with van der Waals surface area (Å²) < 4.78 is 32.5. The Morgan fingerprint density at radius 2 is 1.87 bits per heavy atom. The van der Waals surface area contributed by atoms with Crippen LogP contribution in [0.2, 0.25) is 5.02 Å². The molecular weight excluding hydrogens is 520 g/mol. The lowest BCUT2D eigenvalue weighted by atomic mass is 9.82. The average molecular weight is 548 g/mol. The number of halogens is 3. The van der Waals surface area contributed by atoms with Gasteiger partial charge < -0.3 is 21.1 Å². The minimum Gasteiger partial charge on any atom is -0.449 e. The Labute approximate surface area is 223 Å². The predicted octanol–water partition coefficient (Wildman–Crippen LogP) is 3.89. The highest BCUT2D eigenvalue weighted by atomic mass is 35.5. The van der Waals surface area contributed by atoms with Crippen molar-refractivity contribution in [3.8, 4) is 0 Å². The van der Waals surface area contributed by atoms with Gasteiger partial charge in [-0.1, -0.05) is 30.7 Å². The highest BCUT2D eigenvalue weighted by Crippen LogP contribution is 2.27. The maximum atomic E-state index is 13.7. The van der Waals surface area contributed by atoms with Crippen LogP contribution in [0.4, 0.5) is 19.4 Å². The van der Waals surface area contributed by atoms with Crippen LogP contribution in [-0.4, -0.2) is 42.6 Å². The number of carbonyl (C=O) groups excluding carboxylic acids is 3. The summed E-state index contributed by atoms with van der Waals surface area (Å²) in [6, 6.07) is 10.0. The smallest absolute Gasteiger partial charge is 0.412 e. The second-order valence-corrected chi connectivity index (χ2v) is 9.21. The first-order valence-corrected chi connectivity index (χ1v) is 12.2. The van der Waals surface area contributed by atoms with Crippen molar-refractivity contribution in [2.24, 2.45) is 11.1 Å². The van der Waals surface area contributed by atoms with E-state index in [1.165, 1.54) is 36.5 Å². The summed E-state index contributed by atoms with van der Waals surface area (Å²) in [4.78, 5) is 41.1. The largest absolute Gasteiger partial charge is 0.449 e. The van der Waals surface area contributed by atoms with Gasteiger partial charge in [-0.3, -0.25) is 14.9 Å². The molecule has 0 aliphatic carbocycles. The fourth-order valence-electron chi connectivity index (χ4n) is 3.67. The maximum absolute atomic E-state index is 13.7. The first kappa shape index (κ1) is 28.7. The van der Waals surface area contributed by atoms with Crippen molar-refractivity contribution in [2.75, 3.05) is 25.0 Å². The van der Waals surface area contributed by atoms with Crippen LogP contribution in [0.1, 0.15) is 25.3 Å². The van der Waals surface area contributed by atoms with Crippen LogP contribution in [0, 0.1) is 17.0 Å². The van der Waals surface area contributed by atoms with Gasteiger partial charge in [-0.2, -0.15) is 0 Å². The SMILES string of the molecule is CC(CCNC(=O)CN)(CCOC(=O)Nc1cc2cc(F)ccc2cn1)C(=O)NCc1cccc(F)c1Cl. The molecule has 0 saturated carbocycles. The first-order chi connectivity index (χ1) is 18.1. The van der Waals surface area contributed by atoms with Gasteiger partial charge in [-0.25, -0.2) is 18.6 Å². The number of ether oxygens (including phenoxy) is 1. The van der Waals surface area contributed by atoms with E-state index in [4.69, 9.17) is 22.1 Å². The van der Waals surface area contributed by atoms with Crippen LogP contribution < -0.4 is 21.7 Å². The first-order valence-electron chi connectivity index (χ1n) is 11.8. The predicted molar refractivity (Wildman–Crippen MR) is 139 cm³/mol. The number of benzene rings is 2. The Bertz CT molecular complexity index is 1330. The molecule has 0 radical (unpaired) electrons. The lowest BCUT2D eigenvalue weighted by molar-refractivity contribution is -0.132. The lowest BCUT2D eigenvalue weighted by Crippen LogP contribution is -2.42. The quantitative estimate of drug-likeness (QED) is 0.287. The monoisotopic (exact) mass is 547 g/mol. The summed E-state index contributed by atoms with van der Waals surface area (Å²) in [5, 5.41) is 8.99. The topological polar surface area (TPSA) is 135 Å². The molecule has 1 aromatic heterocycles. The summed E-state index contributed by atoms with van der Waals surface area (Å²) in [6.07, 6.45) is 1.01. The van der Waals surface area contributed by atoms with Crippen LogP contribution >= 0.6 is 11.6 Å². The van der Waals surface area contributed by atoms with E-state index >= 15 is 0 Å². The molecule has 12 heteroatoms. The Kier molecular flexibility index (Phi) is 9.91. The highest BCUT2D eigenvalue weighted by molar-refractivity contribution is 6.31. The van der Waals surface area contributed by atoms with Crippen LogP contribution in [0.25, 0.3) is 10.8 Å². The van der Waals surface area contributed by atoms with Crippen molar-refractivity contribution in [1.82, 2.24) is 15.6 Å². The summed E-state index contributed by atoms with van der Waals surface area (Å²) in [6.45, 7) is 1.47. The maximum Gasteiger partial charge on any atom is 0.412 e. The van der Waals surface area contributed by atoms with Gasteiger partial charge in [0.05, 0.1) is 23.6 Å². The van der Waals surface area contributed by atoms with Crippen molar-refractivity contribution in [2.45, 2.75) is 26.3 Å². The van der Waals surface area contributed by atoms with E-state index in [0.29, 0.717) is 16.3 Å². The standard InChI is InChI=1S/C26H28ClF2N5O4/c1-26(7-9-31-22(35)13-30,24(36)33-15-17-3-2-4-20(29)23(17)27)8-10-38-25(37)34-21-12-18-11-19(28)6-5-16(18)14-32-21/h2-6,11-12,14H,7-10,13,15,30H2,1H3,(H,31,35)(H,33,36)(H,32,34,37). The summed E-state index contributed by atoms with van der Waals surface area (Å²) in [5.41, 5.74) is 4.64. The second kappa shape index (κ2) is 13.1. The Morgan fingerprint density at radius 3 is 2.63 bits per heavy atom. The van der Waals surface area contributed by atoms with Crippen LogP contribution in [0.15, 0.2) is 48.7 Å². The summed E-state index contributed by atoms with van der Waals surface area (Å²) in [7, 11) is 0. The number of amides is 3. The molecule has 3 rings (SSSR count). The minimum absolute atomic E-state index is 0.0181. The molecule has 0 spiro atoms. The zero-order valence-corrected chi connectivity index (χ0v) is 21.4. The van der Waals surface area contributed by atoms with Crippen LogP contribution in [-0.2, 0) is 20.9 Å². The van der Waals surface area contributed by atoms with E-state index in [1.54, 1.807) is 19.1 Å². The van der Waals surface area contributed by atoms with E-state index in [-0.39, 0.29) is 55.8 Å². The molecule has 0 aliphatic heterocycles. The van der Waals surface area contributed by atoms with Gasteiger partial charge >= 0.3 is 6.09 Å². The fraction of sp³-hybridized carbons (Fsp3) is 0.308. The number of rotatable bonds is 11. The molecule has 1 atom stereocenters. The molecule has 202 valence electrons. The molecule has 0 aliphatic rings. The fourth-order valence-corrected chi connectivity index (χ4v) is 3.86. The number of nitrogens with two attached hydrogens (primary N) is 1. The molecule has 0 fully saturated rings. The second-order valence-electron chi connectivity index (χ2n) is 8.83. The molecule has 1 unspecified atom stereocenters. The number of anilines is 1. The van der Waals surface area contributed by atoms with Gasteiger partial charge in [0, 0.05) is 24.7 Å². The molecule has 1 heterocycles. The van der Waals surface area contributed by atoms with E-state index in [2.05, 4.69) is 20.9 Å². The zero-order valence-electron chi connectivity index (χ0n) is 20.7. The Hall–Kier alpha value is -3.83. The Morgan fingerprint density at radius 1 is 1.08 bits per heavy atom. The Balaban J connectivity index is 1.60. The third-order valence-corrected chi connectivity index (χ3v) is 6.43. The van der Waals surface area contributed by atoms with E-state index in [9.17, 15) is 23.2 Å². The molecule has 2 aromatic carbocycles. The van der Waals surface area contributed by atoms with Gasteiger partial charge in [0.25, 0.3) is 0 Å². The molecule has 3 amide bonds. The minimum atomic E-state index is -1.07. The molecule has 0 bridgehead atoms. The molecule has 3 aromatic rings. The van der Waals surface area contributed by atoms with E-state index in [1.807, 2.05) is 0 Å². The number of hydrogen-bond acceptors (Lipinski definition) is 6. The zero-order chi connectivity index (χ0) is 27.7. The van der Waals surface area contributed by atoms with Gasteiger partial charge in [0.1, 0.15) is 17.5 Å². The van der Waals surface area contributed by atoms with E-state index < -0.39 is 29.0 Å². The normalized spacial score (nSPS) is 12.4. The molecular formula is C26H28ClF2N5O4. The van der Waals surface area contributed by atoms with Crippen LogP contribution in [0.3, 0.4) is 0 Å². The van der Waals surface area contributed by atoms with Crippen LogP contribution in [0.5, 0.6) is 0 Å². The third kappa shape index (κ3) is 7.83. The molecule has 5 N–H and O–H groups in total. The summed E-state index contributed by atoms with van der Waals surface area (Å²) >= 11 is 5.98. The van der Waals surface area contributed by atoms with Crippen molar-refractivity contribution in [1.29, 1.82) is 0 Å². The van der Waals surface area contributed by atoms with Crippen molar-refractivity contribution >= 4 is 46.1 Å². The number of carbonyl (C=O) groups is 3. The van der Waals surface area contributed by atoms with Crippen molar-refractivity contribution in [3.05, 3.63) is 70.9 Å². The van der Waals surface area contributed by atoms with E-state index in [0.717, 1.165) is 0 Å². The summed E-state index contributed by atoms with van der Waals surface area (Å²) in [5.74, 6) is -1.63. The van der Waals surface area contributed by atoms with Gasteiger partial charge in [-0.05, 0) is 54.1 Å². The van der Waals surface area contributed by atoms with Gasteiger partial charge in [0.2, 0.25) is 11.8 Å². The number of pyridine rings is 1. The third-order valence-electron chi connectivity index (χ3n) is 6.00.